The highest BCUT2D eigenvalue weighted by molar-refractivity contribution is 6.19. The number of anilines is 3. The summed E-state index contributed by atoms with van der Waals surface area (Å²) >= 11 is 0. The molecule has 11 aromatic rings. The molecule has 3 aromatic heterocycles. The Balaban J connectivity index is 1.20. The zero-order valence-corrected chi connectivity index (χ0v) is 26.9. The smallest absolute Gasteiger partial charge is 0.137 e. The van der Waals surface area contributed by atoms with Crippen LogP contribution in [0, 0.1) is 0 Å². The molecule has 0 aliphatic heterocycles. The number of para-hydroxylation sites is 3. The molecule has 0 bridgehead atoms. The average Bonchev–Trinajstić information content (AvgIpc) is 3.84. The zero-order chi connectivity index (χ0) is 32.8. The Morgan fingerprint density at radius 3 is 1.52 bits per heavy atom. The number of rotatable bonds is 4. The lowest BCUT2D eigenvalue weighted by Gasteiger charge is -2.25. The van der Waals surface area contributed by atoms with Gasteiger partial charge in [-0.05, 0) is 66.0 Å². The quantitative estimate of drug-likeness (QED) is 0.192. The number of hydrogen-bond acceptors (Lipinski definition) is 3. The first kappa shape index (κ1) is 27.2. The third kappa shape index (κ3) is 3.93. The van der Waals surface area contributed by atoms with Gasteiger partial charge in [-0.15, -0.1) is 0 Å². The van der Waals surface area contributed by atoms with Crippen molar-refractivity contribution >= 4 is 93.5 Å². The van der Waals surface area contributed by atoms with E-state index in [2.05, 4.69) is 155 Å². The summed E-state index contributed by atoms with van der Waals surface area (Å²) in [5.41, 5.74) is 9.98. The Morgan fingerprint density at radius 1 is 0.360 bits per heavy atom. The van der Waals surface area contributed by atoms with Crippen molar-refractivity contribution in [2.75, 3.05) is 4.90 Å². The van der Waals surface area contributed by atoms with Crippen molar-refractivity contribution in [3.8, 4) is 5.69 Å². The van der Waals surface area contributed by atoms with Gasteiger partial charge in [0.2, 0.25) is 0 Å². The van der Waals surface area contributed by atoms with Crippen molar-refractivity contribution in [1.82, 2.24) is 4.57 Å². The summed E-state index contributed by atoms with van der Waals surface area (Å²) in [6.45, 7) is 0. The van der Waals surface area contributed by atoms with Gasteiger partial charge in [-0.25, -0.2) is 0 Å². The molecule has 8 aromatic carbocycles. The Bertz CT molecular complexity index is 3000. The third-order valence-corrected chi connectivity index (χ3v) is 10.2. The molecule has 0 fully saturated rings. The van der Waals surface area contributed by atoms with Crippen molar-refractivity contribution in [2.24, 2.45) is 0 Å². The number of furan rings is 2. The molecule has 0 radical (unpaired) electrons. The van der Waals surface area contributed by atoms with E-state index in [1.54, 1.807) is 0 Å². The maximum atomic E-state index is 6.40. The second-order valence-corrected chi connectivity index (χ2v) is 12.9. The summed E-state index contributed by atoms with van der Waals surface area (Å²) in [4.78, 5) is 2.31. The largest absolute Gasteiger partial charge is 0.456 e. The molecule has 11 rings (SSSR count). The fraction of sp³-hybridized carbons (Fsp3) is 0. The van der Waals surface area contributed by atoms with Crippen LogP contribution >= 0.6 is 0 Å². The maximum Gasteiger partial charge on any atom is 0.137 e. The first-order valence-electron chi connectivity index (χ1n) is 16.9. The fourth-order valence-electron chi connectivity index (χ4n) is 7.91. The fourth-order valence-corrected chi connectivity index (χ4v) is 7.91. The van der Waals surface area contributed by atoms with Gasteiger partial charge >= 0.3 is 0 Å². The number of hydrogen-bond donors (Lipinski definition) is 0. The van der Waals surface area contributed by atoms with Gasteiger partial charge in [-0.3, -0.25) is 0 Å². The molecule has 0 unspecified atom stereocenters. The van der Waals surface area contributed by atoms with E-state index in [-0.39, 0.29) is 0 Å². The average molecular weight is 641 g/mol. The van der Waals surface area contributed by atoms with E-state index >= 15 is 0 Å². The minimum absolute atomic E-state index is 0.851. The Morgan fingerprint density at radius 2 is 0.860 bits per heavy atom. The normalized spacial score (nSPS) is 12.0. The lowest BCUT2D eigenvalue weighted by Crippen LogP contribution is -2.10. The van der Waals surface area contributed by atoms with Crippen LogP contribution in [0.2, 0.25) is 0 Å². The highest BCUT2D eigenvalue weighted by atomic mass is 16.3. The van der Waals surface area contributed by atoms with Gasteiger partial charge in [0.15, 0.2) is 0 Å². The predicted molar refractivity (Wildman–Crippen MR) is 208 cm³/mol. The Labute approximate surface area is 286 Å². The van der Waals surface area contributed by atoms with Gasteiger partial charge < -0.3 is 18.3 Å². The summed E-state index contributed by atoms with van der Waals surface area (Å²) in [6, 6.07) is 60.2. The number of aromatic nitrogens is 1. The molecule has 0 amide bonds. The van der Waals surface area contributed by atoms with Gasteiger partial charge in [0, 0.05) is 72.6 Å². The van der Waals surface area contributed by atoms with Crippen LogP contribution in [0.25, 0.3) is 82.1 Å². The molecule has 0 aliphatic carbocycles. The molecule has 0 aliphatic rings. The van der Waals surface area contributed by atoms with Gasteiger partial charge in [0.1, 0.15) is 22.3 Å². The standard InChI is InChI=1S/C46H28N2O2/c1-2-11-30(12-3-1)48-41-26-31(19-23-35(41)40-22-18-29-10-4-5-13-34(29)46(40)48)47(32-20-24-38-36-14-6-8-16-42(36)49-44(38)27-32)33-21-25-39-37-15-7-9-17-43(37)50-45(39)28-33/h1-28H. The van der Waals surface area contributed by atoms with Crippen LogP contribution in [-0.2, 0) is 0 Å². The van der Waals surface area contributed by atoms with Crippen LogP contribution in [-0.4, -0.2) is 4.57 Å². The minimum atomic E-state index is 0.851. The highest BCUT2D eigenvalue weighted by Crippen LogP contribution is 2.44. The van der Waals surface area contributed by atoms with Crippen LogP contribution in [0.15, 0.2) is 179 Å². The molecule has 4 nitrogen and oxygen atoms in total. The topological polar surface area (TPSA) is 34.5 Å². The van der Waals surface area contributed by atoms with Crippen molar-refractivity contribution in [3.63, 3.8) is 0 Å². The SMILES string of the molecule is c1ccc(-n2c3cc(N(c4ccc5c(c4)oc4ccccc45)c4ccc5c(c4)oc4ccccc45)ccc3c3ccc4ccccc4c32)cc1. The van der Waals surface area contributed by atoms with E-state index in [0.29, 0.717) is 0 Å². The van der Waals surface area contributed by atoms with E-state index in [1.165, 1.54) is 27.1 Å². The van der Waals surface area contributed by atoms with Gasteiger partial charge in [-0.1, -0.05) is 97.1 Å². The second kappa shape index (κ2) is 10.4. The molecule has 4 heteroatoms. The lowest BCUT2D eigenvalue weighted by molar-refractivity contribution is 0.669. The van der Waals surface area contributed by atoms with E-state index in [0.717, 1.165) is 72.1 Å². The van der Waals surface area contributed by atoms with Crippen molar-refractivity contribution in [3.05, 3.63) is 170 Å². The molecular weight excluding hydrogens is 613 g/mol. The first-order chi connectivity index (χ1) is 24.8. The number of benzene rings is 8. The molecule has 0 saturated carbocycles. The van der Waals surface area contributed by atoms with Crippen molar-refractivity contribution < 1.29 is 8.83 Å². The van der Waals surface area contributed by atoms with Gasteiger partial charge in [-0.2, -0.15) is 0 Å². The van der Waals surface area contributed by atoms with Crippen LogP contribution in [0.1, 0.15) is 0 Å². The predicted octanol–water partition coefficient (Wildman–Crippen LogP) is 13.2. The lowest BCUT2D eigenvalue weighted by atomic mass is 10.1. The molecule has 234 valence electrons. The van der Waals surface area contributed by atoms with E-state index in [1.807, 2.05) is 24.3 Å². The van der Waals surface area contributed by atoms with Crippen molar-refractivity contribution in [2.45, 2.75) is 0 Å². The highest BCUT2D eigenvalue weighted by Gasteiger charge is 2.21. The minimum Gasteiger partial charge on any atom is -0.456 e. The summed E-state index contributed by atoms with van der Waals surface area (Å²) in [5, 5.41) is 9.32. The molecular formula is C46H28N2O2. The van der Waals surface area contributed by atoms with E-state index < -0.39 is 0 Å². The summed E-state index contributed by atoms with van der Waals surface area (Å²) in [7, 11) is 0. The Hall–Kier alpha value is -6.78. The maximum absolute atomic E-state index is 6.40. The molecule has 0 spiro atoms. The van der Waals surface area contributed by atoms with Crippen LogP contribution in [0.5, 0.6) is 0 Å². The Kier molecular flexibility index (Phi) is 5.63. The van der Waals surface area contributed by atoms with E-state index in [4.69, 9.17) is 8.83 Å². The molecule has 3 heterocycles. The third-order valence-electron chi connectivity index (χ3n) is 10.2. The zero-order valence-electron chi connectivity index (χ0n) is 26.9. The summed E-state index contributed by atoms with van der Waals surface area (Å²) in [5.74, 6) is 0. The van der Waals surface area contributed by atoms with Crippen LogP contribution < -0.4 is 4.90 Å². The molecule has 0 saturated heterocycles. The molecule has 0 N–H and O–H groups in total. The first-order valence-corrected chi connectivity index (χ1v) is 16.9. The van der Waals surface area contributed by atoms with Crippen LogP contribution in [0.3, 0.4) is 0 Å². The van der Waals surface area contributed by atoms with Crippen LogP contribution in [0.4, 0.5) is 17.1 Å². The monoisotopic (exact) mass is 640 g/mol. The molecule has 50 heavy (non-hydrogen) atoms. The summed E-state index contributed by atoms with van der Waals surface area (Å²) in [6.07, 6.45) is 0. The van der Waals surface area contributed by atoms with Crippen molar-refractivity contribution in [1.29, 1.82) is 0 Å². The number of fused-ring (bicyclic) bond motifs is 11. The van der Waals surface area contributed by atoms with Gasteiger partial charge in [0.25, 0.3) is 0 Å². The van der Waals surface area contributed by atoms with E-state index in [9.17, 15) is 0 Å². The second-order valence-electron chi connectivity index (χ2n) is 12.9. The summed E-state index contributed by atoms with van der Waals surface area (Å²) < 4.78 is 15.2. The van der Waals surface area contributed by atoms with Gasteiger partial charge in [0.05, 0.1) is 11.0 Å². The number of nitrogens with zero attached hydrogens (tertiary/aromatic N) is 2. The molecule has 0 atom stereocenters.